The van der Waals surface area contributed by atoms with E-state index in [4.69, 9.17) is 4.74 Å². The predicted molar refractivity (Wildman–Crippen MR) is 98.1 cm³/mol. The van der Waals surface area contributed by atoms with Crippen molar-refractivity contribution in [1.29, 1.82) is 0 Å². The zero-order valence-electron chi connectivity index (χ0n) is 14.7. The number of hydrogen-bond acceptors (Lipinski definition) is 5. The Labute approximate surface area is 150 Å². The van der Waals surface area contributed by atoms with Crippen LogP contribution in [0.4, 0.5) is 5.69 Å². The van der Waals surface area contributed by atoms with Gasteiger partial charge in [-0.25, -0.2) is 9.97 Å². The predicted octanol–water partition coefficient (Wildman–Crippen LogP) is 2.51. The number of pyridine rings is 1. The van der Waals surface area contributed by atoms with Gasteiger partial charge >= 0.3 is 0 Å². The normalized spacial score (nSPS) is 10.4. The fourth-order valence-corrected chi connectivity index (χ4v) is 2.57. The van der Waals surface area contributed by atoms with Crippen molar-refractivity contribution in [3.63, 3.8) is 0 Å². The molecule has 3 rings (SSSR count). The van der Waals surface area contributed by atoms with Gasteiger partial charge in [-0.15, -0.1) is 0 Å². The third kappa shape index (κ3) is 3.32. The van der Waals surface area contributed by atoms with Crippen molar-refractivity contribution in [2.45, 2.75) is 13.8 Å². The van der Waals surface area contributed by atoms with Crippen LogP contribution < -0.4 is 15.6 Å². The first-order valence-corrected chi connectivity index (χ1v) is 7.97. The number of ether oxygens (including phenoxy) is 1. The number of aromatic nitrogens is 3. The average molecular weight is 350 g/mol. The Morgan fingerprint density at radius 3 is 2.50 bits per heavy atom. The molecule has 0 radical (unpaired) electrons. The molecule has 0 saturated heterocycles. The van der Waals surface area contributed by atoms with Crippen molar-refractivity contribution in [3.05, 3.63) is 76.2 Å². The lowest BCUT2D eigenvalue weighted by atomic mass is 10.1. The molecule has 0 aliphatic rings. The van der Waals surface area contributed by atoms with Crippen LogP contribution in [0.3, 0.4) is 0 Å². The lowest BCUT2D eigenvalue weighted by molar-refractivity contribution is 0.102. The Balaban J connectivity index is 2.04. The van der Waals surface area contributed by atoms with Gasteiger partial charge in [-0.05, 0) is 37.6 Å². The molecule has 0 aliphatic heterocycles. The van der Waals surface area contributed by atoms with Gasteiger partial charge in [0.1, 0.15) is 17.1 Å². The summed E-state index contributed by atoms with van der Waals surface area (Å²) in [6, 6.07) is 8.84. The highest BCUT2D eigenvalue weighted by Gasteiger charge is 2.18. The van der Waals surface area contributed by atoms with Gasteiger partial charge in [-0.3, -0.25) is 14.2 Å². The van der Waals surface area contributed by atoms with Gasteiger partial charge in [0.15, 0.2) is 0 Å². The standard InChI is InChI=1S/C19H18N4O3/c1-12-8-9-23(15-6-4-5-7-16(15)26-3)19(25)17(12)18(24)22-14-10-20-13(2)21-11-14/h4-11H,1-3H3,(H,22,24). The molecule has 0 spiro atoms. The van der Waals surface area contributed by atoms with E-state index in [-0.39, 0.29) is 5.56 Å². The van der Waals surface area contributed by atoms with E-state index in [1.165, 1.54) is 24.1 Å². The number of para-hydroxylation sites is 2. The summed E-state index contributed by atoms with van der Waals surface area (Å²) >= 11 is 0. The first-order chi connectivity index (χ1) is 12.5. The van der Waals surface area contributed by atoms with E-state index in [0.717, 1.165) is 0 Å². The van der Waals surface area contributed by atoms with E-state index in [1.54, 1.807) is 44.3 Å². The van der Waals surface area contributed by atoms with Gasteiger partial charge in [-0.2, -0.15) is 0 Å². The molecular weight excluding hydrogens is 332 g/mol. The summed E-state index contributed by atoms with van der Waals surface area (Å²) in [6.45, 7) is 3.47. The minimum Gasteiger partial charge on any atom is -0.495 e. The summed E-state index contributed by atoms with van der Waals surface area (Å²) in [6.07, 6.45) is 4.62. The third-order valence-electron chi connectivity index (χ3n) is 3.91. The molecule has 26 heavy (non-hydrogen) atoms. The topological polar surface area (TPSA) is 86.1 Å². The number of hydrogen-bond donors (Lipinski definition) is 1. The highest BCUT2D eigenvalue weighted by molar-refractivity contribution is 6.04. The second-order valence-electron chi connectivity index (χ2n) is 5.69. The number of benzene rings is 1. The highest BCUT2D eigenvalue weighted by Crippen LogP contribution is 2.21. The Morgan fingerprint density at radius 2 is 1.81 bits per heavy atom. The Hall–Kier alpha value is -3.48. The monoisotopic (exact) mass is 350 g/mol. The molecule has 1 amide bonds. The van der Waals surface area contributed by atoms with E-state index in [0.29, 0.717) is 28.5 Å². The van der Waals surface area contributed by atoms with Crippen LogP contribution in [-0.2, 0) is 0 Å². The van der Waals surface area contributed by atoms with Crippen LogP contribution in [0.25, 0.3) is 5.69 Å². The number of methoxy groups -OCH3 is 1. The van der Waals surface area contributed by atoms with Crippen molar-refractivity contribution in [1.82, 2.24) is 14.5 Å². The fraction of sp³-hybridized carbons (Fsp3) is 0.158. The molecule has 0 atom stereocenters. The summed E-state index contributed by atoms with van der Waals surface area (Å²) in [5.41, 5.74) is 1.19. The maximum absolute atomic E-state index is 13.0. The maximum atomic E-state index is 13.0. The van der Waals surface area contributed by atoms with Crippen LogP contribution >= 0.6 is 0 Å². The largest absolute Gasteiger partial charge is 0.495 e. The summed E-state index contributed by atoms with van der Waals surface area (Å²) in [4.78, 5) is 33.7. The number of nitrogens with zero attached hydrogens (tertiary/aromatic N) is 3. The number of aryl methyl sites for hydroxylation is 2. The van der Waals surface area contributed by atoms with E-state index in [1.807, 2.05) is 6.07 Å². The molecule has 3 aromatic rings. The van der Waals surface area contributed by atoms with Gasteiger partial charge in [-0.1, -0.05) is 12.1 Å². The number of nitrogens with one attached hydrogen (secondary N) is 1. The lowest BCUT2D eigenvalue weighted by Crippen LogP contribution is -2.29. The summed E-state index contributed by atoms with van der Waals surface area (Å²) in [7, 11) is 1.53. The van der Waals surface area contributed by atoms with Gasteiger partial charge in [0.2, 0.25) is 0 Å². The quantitative estimate of drug-likeness (QED) is 0.781. The molecule has 0 fully saturated rings. The molecule has 1 N–H and O–H groups in total. The minimum absolute atomic E-state index is 0.0546. The summed E-state index contributed by atoms with van der Waals surface area (Å²) in [5, 5.41) is 2.67. The van der Waals surface area contributed by atoms with Crippen molar-refractivity contribution >= 4 is 11.6 Å². The second kappa shape index (κ2) is 7.18. The third-order valence-corrected chi connectivity index (χ3v) is 3.91. The van der Waals surface area contributed by atoms with Crippen LogP contribution in [0.1, 0.15) is 21.7 Å². The molecule has 0 bridgehead atoms. The summed E-state index contributed by atoms with van der Waals surface area (Å²) < 4.78 is 6.71. The van der Waals surface area contributed by atoms with Crippen molar-refractivity contribution in [2.75, 3.05) is 12.4 Å². The van der Waals surface area contributed by atoms with Gasteiger partial charge in [0.05, 0.1) is 30.9 Å². The SMILES string of the molecule is COc1ccccc1-n1ccc(C)c(C(=O)Nc2cnc(C)nc2)c1=O. The van der Waals surface area contributed by atoms with Gasteiger partial charge in [0.25, 0.3) is 11.5 Å². The van der Waals surface area contributed by atoms with Crippen LogP contribution in [0.2, 0.25) is 0 Å². The number of amides is 1. The van der Waals surface area contributed by atoms with E-state index < -0.39 is 11.5 Å². The average Bonchev–Trinajstić information content (AvgIpc) is 2.64. The molecule has 132 valence electrons. The molecular formula is C19H18N4O3. The van der Waals surface area contributed by atoms with E-state index in [2.05, 4.69) is 15.3 Å². The molecule has 7 nitrogen and oxygen atoms in total. The Bertz CT molecular complexity index is 1010. The molecule has 2 heterocycles. The molecule has 0 unspecified atom stereocenters. The zero-order chi connectivity index (χ0) is 18.7. The Kier molecular flexibility index (Phi) is 4.79. The van der Waals surface area contributed by atoms with Crippen molar-refractivity contribution in [3.8, 4) is 11.4 Å². The molecule has 0 saturated carbocycles. The maximum Gasteiger partial charge on any atom is 0.268 e. The smallest absolute Gasteiger partial charge is 0.268 e. The Morgan fingerprint density at radius 1 is 1.12 bits per heavy atom. The van der Waals surface area contributed by atoms with E-state index in [9.17, 15) is 9.59 Å². The molecule has 0 aliphatic carbocycles. The number of carbonyl (C=O) groups excluding carboxylic acids is 1. The molecule has 1 aromatic carbocycles. The van der Waals surface area contributed by atoms with Crippen molar-refractivity contribution in [2.24, 2.45) is 0 Å². The lowest BCUT2D eigenvalue weighted by Gasteiger charge is -2.13. The van der Waals surface area contributed by atoms with Crippen LogP contribution in [-0.4, -0.2) is 27.6 Å². The van der Waals surface area contributed by atoms with Crippen LogP contribution in [0.15, 0.2) is 53.7 Å². The van der Waals surface area contributed by atoms with Crippen LogP contribution in [0.5, 0.6) is 5.75 Å². The fourth-order valence-electron chi connectivity index (χ4n) is 2.57. The zero-order valence-corrected chi connectivity index (χ0v) is 14.7. The highest BCUT2D eigenvalue weighted by atomic mass is 16.5. The summed E-state index contributed by atoms with van der Waals surface area (Å²) in [5.74, 6) is 0.623. The van der Waals surface area contributed by atoms with Gasteiger partial charge in [0, 0.05) is 6.20 Å². The molecule has 7 heteroatoms. The van der Waals surface area contributed by atoms with Gasteiger partial charge < -0.3 is 10.1 Å². The first-order valence-electron chi connectivity index (χ1n) is 7.97. The first kappa shape index (κ1) is 17.3. The number of carbonyl (C=O) groups is 1. The van der Waals surface area contributed by atoms with Crippen LogP contribution in [0, 0.1) is 13.8 Å². The number of rotatable bonds is 4. The molecule has 2 aromatic heterocycles. The second-order valence-corrected chi connectivity index (χ2v) is 5.69. The number of anilines is 1. The minimum atomic E-state index is -0.510. The van der Waals surface area contributed by atoms with E-state index >= 15 is 0 Å². The van der Waals surface area contributed by atoms with Crippen molar-refractivity contribution < 1.29 is 9.53 Å².